The molecule has 3 aromatic rings. The van der Waals surface area contributed by atoms with E-state index in [2.05, 4.69) is 30.9 Å². The van der Waals surface area contributed by atoms with Crippen LogP contribution in [-0.4, -0.2) is 26.3 Å². The Morgan fingerprint density at radius 3 is 2.75 bits per heavy atom. The third-order valence-electron chi connectivity index (χ3n) is 3.19. The normalized spacial score (nSPS) is 11.3. The summed E-state index contributed by atoms with van der Waals surface area (Å²) < 4.78 is 10.3. The zero-order chi connectivity index (χ0) is 17.2. The largest absolute Gasteiger partial charge is 0.354 e. The lowest BCUT2D eigenvalue weighted by Gasteiger charge is -2.21. The third kappa shape index (κ3) is 3.40. The number of carbonyl (C=O) groups is 1. The van der Waals surface area contributed by atoms with Gasteiger partial charge in [-0.15, -0.1) is 0 Å². The molecule has 3 aromatic heterocycles. The van der Waals surface area contributed by atoms with Gasteiger partial charge in [-0.2, -0.15) is 4.98 Å². The molecule has 0 atom stereocenters. The average Bonchev–Trinajstić information content (AvgIpc) is 3.17. The molecular weight excluding hydrogens is 312 g/mol. The number of carbonyl (C=O) groups excluding carboxylic acids is 1. The number of aryl methyl sites for hydroxylation is 1. The Morgan fingerprint density at radius 2 is 2.08 bits per heavy atom. The second-order valence-electron chi connectivity index (χ2n) is 5.67. The first-order valence-corrected chi connectivity index (χ1v) is 7.21. The third-order valence-corrected chi connectivity index (χ3v) is 3.19. The summed E-state index contributed by atoms with van der Waals surface area (Å²) in [5.74, 6) is 1.60. The number of urea groups is 1. The van der Waals surface area contributed by atoms with Crippen LogP contribution in [0.3, 0.4) is 0 Å². The number of pyridine rings is 1. The van der Waals surface area contributed by atoms with Crippen molar-refractivity contribution < 1.29 is 13.8 Å². The van der Waals surface area contributed by atoms with Gasteiger partial charge >= 0.3 is 6.03 Å². The van der Waals surface area contributed by atoms with E-state index in [1.165, 1.54) is 0 Å². The monoisotopic (exact) mass is 328 g/mol. The van der Waals surface area contributed by atoms with Gasteiger partial charge < -0.3 is 14.4 Å². The molecule has 0 bridgehead atoms. The van der Waals surface area contributed by atoms with Gasteiger partial charge in [0.1, 0.15) is 5.54 Å². The average molecular weight is 328 g/mol. The van der Waals surface area contributed by atoms with Gasteiger partial charge in [-0.3, -0.25) is 10.3 Å². The Kier molecular flexibility index (Phi) is 3.98. The first kappa shape index (κ1) is 15.7. The number of rotatable bonds is 4. The fraction of sp³-hybridized carbons (Fsp3) is 0.267. The maximum atomic E-state index is 12.1. The van der Waals surface area contributed by atoms with Gasteiger partial charge in [0, 0.05) is 24.0 Å². The van der Waals surface area contributed by atoms with Crippen molar-refractivity contribution in [3.63, 3.8) is 0 Å². The minimum atomic E-state index is -0.832. The predicted octanol–water partition coefficient (Wildman–Crippen LogP) is 2.48. The van der Waals surface area contributed by atoms with E-state index in [0.717, 1.165) is 5.56 Å². The van der Waals surface area contributed by atoms with Crippen molar-refractivity contribution >= 4 is 11.8 Å². The van der Waals surface area contributed by atoms with E-state index in [4.69, 9.17) is 9.05 Å². The Bertz CT molecular complexity index is 840. The lowest BCUT2D eigenvalue weighted by Crippen LogP contribution is -2.43. The molecule has 0 aliphatic carbocycles. The number of hydrogen-bond donors (Lipinski definition) is 2. The molecule has 24 heavy (non-hydrogen) atoms. The van der Waals surface area contributed by atoms with Crippen LogP contribution in [0.4, 0.5) is 10.6 Å². The molecule has 9 heteroatoms. The van der Waals surface area contributed by atoms with Crippen molar-refractivity contribution in [3.05, 3.63) is 42.3 Å². The number of nitrogens with one attached hydrogen (secondary N) is 2. The maximum absolute atomic E-state index is 12.1. The molecule has 0 fully saturated rings. The van der Waals surface area contributed by atoms with Crippen LogP contribution < -0.4 is 10.6 Å². The molecule has 0 unspecified atom stereocenters. The van der Waals surface area contributed by atoms with Crippen LogP contribution in [0.1, 0.15) is 25.6 Å². The van der Waals surface area contributed by atoms with E-state index in [1.54, 1.807) is 45.3 Å². The fourth-order valence-electron chi connectivity index (χ4n) is 2.01. The molecule has 0 spiro atoms. The summed E-state index contributed by atoms with van der Waals surface area (Å²) in [6.45, 7) is 5.21. The SMILES string of the molecule is Cc1noc(C(C)(C)NC(=O)Nc2cc(-c3cccnc3)on2)n1. The minimum absolute atomic E-state index is 0.281. The standard InChI is InChI=1S/C15H16N6O3/c1-9-17-13(24-20-9)15(2,3)19-14(22)18-12-7-11(23-21-12)10-5-4-6-16-8-10/h4-8H,1-3H3,(H2,18,19,21,22). The van der Waals surface area contributed by atoms with E-state index in [-0.39, 0.29) is 5.82 Å². The Balaban J connectivity index is 1.66. The van der Waals surface area contributed by atoms with Gasteiger partial charge in [0.05, 0.1) is 0 Å². The lowest BCUT2D eigenvalue weighted by molar-refractivity contribution is 0.228. The molecule has 2 amide bonds. The quantitative estimate of drug-likeness (QED) is 0.755. The van der Waals surface area contributed by atoms with E-state index in [0.29, 0.717) is 17.5 Å². The van der Waals surface area contributed by atoms with Crippen LogP contribution >= 0.6 is 0 Å². The van der Waals surface area contributed by atoms with Crippen molar-refractivity contribution in [2.24, 2.45) is 0 Å². The van der Waals surface area contributed by atoms with Crippen molar-refractivity contribution in [2.45, 2.75) is 26.3 Å². The van der Waals surface area contributed by atoms with Crippen LogP contribution in [0.25, 0.3) is 11.3 Å². The molecule has 0 radical (unpaired) electrons. The van der Waals surface area contributed by atoms with E-state index in [9.17, 15) is 4.79 Å². The lowest BCUT2D eigenvalue weighted by atomic mass is 10.1. The van der Waals surface area contributed by atoms with Gasteiger partial charge in [0.15, 0.2) is 17.4 Å². The van der Waals surface area contributed by atoms with Gasteiger partial charge in [0.2, 0.25) is 0 Å². The van der Waals surface area contributed by atoms with Crippen molar-refractivity contribution in [3.8, 4) is 11.3 Å². The second-order valence-corrected chi connectivity index (χ2v) is 5.67. The van der Waals surface area contributed by atoms with E-state index in [1.807, 2.05) is 6.07 Å². The molecule has 3 heterocycles. The summed E-state index contributed by atoms with van der Waals surface area (Å²) in [5, 5.41) is 12.9. The first-order valence-electron chi connectivity index (χ1n) is 7.21. The smallest absolute Gasteiger partial charge is 0.321 e. The van der Waals surface area contributed by atoms with Crippen LogP contribution in [-0.2, 0) is 5.54 Å². The van der Waals surface area contributed by atoms with Gasteiger partial charge in [-0.1, -0.05) is 10.3 Å². The predicted molar refractivity (Wildman–Crippen MR) is 83.9 cm³/mol. The van der Waals surface area contributed by atoms with Crippen LogP contribution in [0, 0.1) is 6.92 Å². The molecule has 0 saturated heterocycles. The minimum Gasteiger partial charge on any atom is -0.354 e. The topological polar surface area (TPSA) is 119 Å². The molecular formula is C15H16N6O3. The van der Waals surface area contributed by atoms with Crippen molar-refractivity contribution in [1.29, 1.82) is 0 Å². The van der Waals surface area contributed by atoms with Crippen molar-refractivity contribution in [2.75, 3.05) is 5.32 Å². The number of nitrogens with zero attached hydrogens (tertiary/aromatic N) is 4. The number of anilines is 1. The summed E-state index contributed by atoms with van der Waals surface area (Å²) in [6.07, 6.45) is 3.30. The van der Waals surface area contributed by atoms with Gasteiger partial charge in [-0.05, 0) is 32.9 Å². The van der Waals surface area contributed by atoms with Crippen LogP contribution in [0.15, 0.2) is 39.6 Å². The summed E-state index contributed by atoms with van der Waals surface area (Å²) in [6, 6.07) is 4.76. The summed E-state index contributed by atoms with van der Waals surface area (Å²) in [4.78, 5) is 20.3. The highest BCUT2D eigenvalue weighted by Gasteiger charge is 2.29. The fourth-order valence-corrected chi connectivity index (χ4v) is 2.01. The highest BCUT2D eigenvalue weighted by atomic mass is 16.5. The zero-order valence-corrected chi connectivity index (χ0v) is 13.4. The Labute approximate surface area is 137 Å². The summed E-state index contributed by atoms with van der Waals surface area (Å²) in [7, 11) is 0. The van der Waals surface area contributed by atoms with Crippen LogP contribution in [0.2, 0.25) is 0 Å². The molecule has 3 rings (SSSR count). The molecule has 0 aliphatic rings. The molecule has 0 saturated carbocycles. The number of aromatic nitrogens is 4. The molecule has 0 aromatic carbocycles. The number of hydrogen-bond acceptors (Lipinski definition) is 7. The maximum Gasteiger partial charge on any atom is 0.321 e. The molecule has 124 valence electrons. The Hall–Kier alpha value is -3.23. The molecule has 9 nitrogen and oxygen atoms in total. The highest BCUT2D eigenvalue weighted by molar-refractivity contribution is 5.89. The molecule has 2 N–H and O–H groups in total. The van der Waals surface area contributed by atoms with E-state index < -0.39 is 11.6 Å². The Morgan fingerprint density at radius 1 is 1.25 bits per heavy atom. The van der Waals surface area contributed by atoms with E-state index >= 15 is 0 Å². The van der Waals surface area contributed by atoms with Crippen LogP contribution in [0.5, 0.6) is 0 Å². The zero-order valence-electron chi connectivity index (χ0n) is 13.4. The second kappa shape index (κ2) is 6.11. The van der Waals surface area contributed by atoms with Gasteiger partial charge in [-0.25, -0.2) is 4.79 Å². The highest BCUT2D eigenvalue weighted by Crippen LogP contribution is 2.22. The summed E-state index contributed by atoms with van der Waals surface area (Å²) in [5.41, 5.74) is -0.0681. The summed E-state index contributed by atoms with van der Waals surface area (Å²) >= 11 is 0. The number of amides is 2. The van der Waals surface area contributed by atoms with Crippen molar-refractivity contribution in [1.82, 2.24) is 25.6 Å². The molecule has 0 aliphatic heterocycles. The first-order chi connectivity index (χ1) is 11.4. The van der Waals surface area contributed by atoms with Gasteiger partial charge in [0.25, 0.3) is 5.89 Å².